The van der Waals surface area contributed by atoms with Crippen LogP contribution in [0.25, 0.3) is 0 Å². The van der Waals surface area contributed by atoms with Crippen LogP contribution in [0.15, 0.2) is 78.9 Å². The number of rotatable bonds is 3. The first-order valence-corrected chi connectivity index (χ1v) is 8.08. The molecule has 0 aliphatic carbocycles. The predicted molar refractivity (Wildman–Crippen MR) is 97.4 cm³/mol. The molecule has 2 N–H and O–H groups in total. The van der Waals surface area contributed by atoms with Crippen molar-refractivity contribution in [1.29, 1.82) is 0 Å². The molecule has 3 aromatic carbocycles. The first-order valence-electron chi connectivity index (χ1n) is 7.70. The van der Waals surface area contributed by atoms with Crippen molar-refractivity contribution < 1.29 is 4.79 Å². The minimum absolute atomic E-state index is 0.116. The number of amides is 1. The van der Waals surface area contributed by atoms with E-state index in [4.69, 9.17) is 11.6 Å². The minimum atomic E-state index is -1.01. The first kappa shape index (κ1) is 14.8. The number of carbonyl (C=O) groups excluding carboxylic acids is 1. The van der Waals surface area contributed by atoms with Crippen LogP contribution in [0.2, 0.25) is 5.02 Å². The van der Waals surface area contributed by atoms with Gasteiger partial charge < -0.3 is 10.6 Å². The lowest BCUT2D eigenvalue weighted by Gasteiger charge is -2.30. The van der Waals surface area contributed by atoms with Crippen LogP contribution in [0.5, 0.6) is 0 Å². The van der Waals surface area contributed by atoms with Crippen LogP contribution >= 0.6 is 11.6 Å². The summed E-state index contributed by atoms with van der Waals surface area (Å²) in [5.74, 6) is -0.116. The number of benzene rings is 3. The van der Waals surface area contributed by atoms with Gasteiger partial charge in [-0.25, -0.2) is 0 Å². The Bertz CT molecular complexity index is 896. The van der Waals surface area contributed by atoms with Gasteiger partial charge >= 0.3 is 0 Å². The van der Waals surface area contributed by atoms with E-state index >= 15 is 0 Å². The van der Waals surface area contributed by atoms with Gasteiger partial charge in [0.25, 0.3) is 5.91 Å². The fraction of sp³-hybridized carbons (Fsp3) is 0.0500. The summed E-state index contributed by atoms with van der Waals surface area (Å²) in [4.78, 5) is 13.1. The van der Waals surface area contributed by atoms with Crippen molar-refractivity contribution in [2.75, 3.05) is 10.6 Å². The zero-order valence-electron chi connectivity index (χ0n) is 12.8. The van der Waals surface area contributed by atoms with E-state index < -0.39 is 5.54 Å². The summed E-state index contributed by atoms with van der Waals surface area (Å²) in [6.07, 6.45) is 0. The molecule has 1 heterocycles. The molecule has 118 valence electrons. The van der Waals surface area contributed by atoms with Gasteiger partial charge in [-0.3, -0.25) is 4.79 Å². The molecule has 0 bridgehead atoms. The van der Waals surface area contributed by atoms with Gasteiger partial charge in [-0.15, -0.1) is 0 Å². The van der Waals surface area contributed by atoms with Crippen LogP contribution in [0.4, 0.5) is 11.4 Å². The molecular weight excluding hydrogens is 320 g/mol. The van der Waals surface area contributed by atoms with E-state index in [1.165, 1.54) is 0 Å². The number of fused-ring (bicyclic) bond motifs is 1. The molecule has 1 aliphatic heterocycles. The highest BCUT2D eigenvalue weighted by molar-refractivity contribution is 6.31. The molecule has 0 radical (unpaired) electrons. The van der Waals surface area contributed by atoms with Gasteiger partial charge in [0.15, 0.2) is 5.54 Å². The number of halogens is 1. The fourth-order valence-corrected chi connectivity index (χ4v) is 3.36. The van der Waals surface area contributed by atoms with E-state index in [1.807, 2.05) is 72.8 Å². The molecule has 1 amide bonds. The Morgan fingerprint density at radius 3 is 2.25 bits per heavy atom. The second kappa shape index (κ2) is 5.69. The number of para-hydroxylation sites is 1. The average Bonchev–Trinajstić information content (AvgIpc) is 2.89. The molecule has 4 rings (SSSR count). The van der Waals surface area contributed by atoms with E-state index in [0.29, 0.717) is 5.02 Å². The van der Waals surface area contributed by atoms with Crippen LogP contribution in [-0.2, 0) is 10.3 Å². The highest BCUT2D eigenvalue weighted by Gasteiger charge is 2.48. The Kier molecular flexibility index (Phi) is 3.51. The lowest BCUT2D eigenvalue weighted by Crippen LogP contribution is -2.43. The standard InChI is InChI=1S/C20H15ClN2O/c21-15-11-12-18-17(13-15)20(19(24)22-18,14-7-3-1-4-8-14)23-16-9-5-2-6-10-16/h1-13,23H,(H,22,24)/t20-/m0/s1. The Morgan fingerprint density at radius 1 is 0.875 bits per heavy atom. The molecule has 0 fully saturated rings. The summed E-state index contributed by atoms with van der Waals surface area (Å²) in [7, 11) is 0. The highest BCUT2D eigenvalue weighted by Crippen LogP contribution is 2.44. The minimum Gasteiger partial charge on any atom is -0.364 e. The van der Waals surface area contributed by atoms with Crippen molar-refractivity contribution in [3.8, 4) is 0 Å². The fourth-order valence-electron chi connectivity index (χ4n) is 3.18. The molecule has 0 spiro atoms. The maximum Gasteiger partial charge on any atom is 0.259 e. The molecule has 24 heavy (non-hydrogen) atoms. The molecule has 0 saturated heterocycles. The van der Waals surface area contributed by atoms with Gasteiger partial charge in [-0.2, -0.15) is 0 Å². The largest absolute Gasteiger partial charge is 0.364 e. The van der Waals surface area contributed by atoms with E-state index in [9.17, 15) is 4.79 Å². The molecule has 3 nitrogen and oxygen atoms in total. The number of carbonyl (C=O) groups is 1. The first-order chi connectivity index (χ1) is 11.7. The maximum absolute atomic E-state index is 13.1. The van der Waals surface area contributed by atoms with Crippen LogP contribution in [0.1, 0.15) is 11.1 Å². The third kappa shape index (κ3) is 2.25. The third-order valence-electron chi connectivity index (χ3n) is 4.29. The molecule has 0 aromatic heterocycles. The van der Waals surface area contributed by atoms with E-state index in [2.05, 4.69) is 10.6 Å². The SMILES string of the molecule is O=C1Nc2ccc(Cl)cc2[C@@]1(Nc1ccccc1)c1ccccc1. The van der Waals surface area contributed by atoms with Gasteiger partial charge in [-0.05, 0) is 35.9 Å². The smallest absolute Gasteiger partial charge is 0.259 e. The summed E-state index contributed by atoms with van der Waals surface area (Å²) in [6.45, 7) is 0. The topological polar surface area (TPSA) is 41.1 Å². The van der Waals surface area contributed by atoms with Crippen LogP contribution in [0.3, 0.4) is 0 Å². The normalized spacial score (nSPS) is 18.8. The highest BCUT2D eigenvalue weighted by atomic mass is 35.5. The van der Waals surface area contributed by atoms with Crippen LogP contribution in [0, 0.1) is 0 Å². The maximum atomic E-state index is 13.1. The van der Waals surface area contributed by atoms with Gasteiger partial charge in [-0.1, -0.05) is 60.1 Å². The predicted octanol–water partition coefficient (Wildman–Crippen LogP) is 4.65. The van der Waals surface area contributed by atoms with Crippen molar-refractivity contribution in [1.82, 2.24) is 0 Å². The molecular formula is C20H15ClN2O. The van der Waals surface area contributed by atoms with Gasteiger partial charge in [0.1, 0.15) is 0 Å². The lowest BCUT2D eigenvalue weighted by molar-refractivity contribution is -0.118. The molecule has 4 heteroatoms. The van der Waals surface area contributed by atoms with Gasteiger partial charge in [0.05, 0.1) is 0 Å². The second-order valence-corrected chi connectivity index (χ2v) is 6.19. The Balaban J connectivity index is 1.96. The Morgan fingerprint density at radius 2 is 1.54 bits per heavy atom. The van der Waals surface area contributed by atoms with Crippen molar-refractivity contribution in [3.63, 3.8) is 0 Å². The molecule has 0 unspecified atom stereocenters. The average molecular weight is 335 g/mol. The van der Waals surface area contributed by atoms with Crippen molar-refractivity contribution >= 4 is 28.9 Å². The quantitative estimate of drug-likeness (QED) is 0.732. The van der Waals surface area contributed by atoms with E-state index in [1.54, 1.807) is 6.07 Å². The van der Waals surface area contributed by atoms with E-state index in [-0.39, 0.29) is 5.91 Å². The summed E-state index contributed by atoms with van der Waals surface area (Å²) in [6, 6.07) is 24.9. The number of nitrogens with one attached hydrogen (secondary N) is 2. The summed E-state index contributed by atoms with van der Waals surface area (Å²) < 4.78 is 0. The van der Waals surface area contributed by atoms with E-state index in [0.717, 1.165) is 22.5 Å². The zero-order chi connectivity index (χ0) is 16.6. The van der Waals surface area contributed by atoms with Crippen LogP contribution < -0.4 is 10.6 Å². The van der Waals surface area contributed by atoms with Crippen LogP contribution in [-0.4, -0.2) is 5.91 Å². The van der Waals surface area contributed by atoms with Gasteiger partial charge in [0.2, 0.25) is 0 Å². The Hall–Kier alpha value is -2.78. The zero-order valence-corrected chi connectivity index (χ0v) is 13.5. The number of hydrogen-bond donors (Lipinski definition) is 2. The van der Waals surface area contributed by atoms with Crippen molar-refractivity contribution in [3.05, 3.63) is 95.0 Å². The molecule has 1 atom stereocenters. The molecule has 0 saturated carbocycles. The monoisotopic (exact) mass is 334 g/mol. The third-order valence-corrected chi connectivity index (χ3v) is 4.52. The second-order valence-electron chi connectivity index (χ2n) is 5.75. The van der Waals surface area contributed by atoms with Gasteiger partial charge in [0, 0.05) is 22.0 Å². The van der Waals surface area contributed by atoms with Crippen molar-refractivity contribution in [2.45, 2.75) is 5.54 Å². The molecule has 3 aromatic rings. The summed E-state index contributed by atoms with van der Waals surface area (Å²) in [5, 5.41) is 7.00. The summed E-state index contributed by atoms with van der Waals surface area (Å²) >= 11 is 6.22. The number of hydrogen-bond acceptors (Lipinski definition) is 2. The number of anilines is 2. The molecule has 1 aliphatic rings. The lowest BCUT2D eigenvalue weighted by atomic mass is 9.83. The Labute approximate surface area is 145 Å². The summed E-state index contributed by atoms with van der Waals surface area (Å²) in [5.41, 5.74) is 2.33. The van der Waals surface area contributed by atoms with Crippen molar-refractivity contribution in [2.24, 2.45) is 0 Å².